The van der Waals surface area contributed by atoms with Crippen LogP contribution in [0.25, 0.3) is 0 Å². The molecule has 0 rings (SSSR count). The molecule has 0 nitrogen and oxygen atoms in total. The molecule has 0 aliphatic carbocycles. The van der Waals surface area contributed by atoms with Gasteiger partial charge in [0.25, 0.3) is 0 Å². The molecule has 0 N–H and O–H groups in total. The minimum Gasteiger partial charge on any atom is -1.00 e. The Hall–Kier alpha value is 1.65. The third-order valence-corrected chi connectivity index (χ3v) is 4.96. The van der Waals surface area contributed by atoms with E-state index in [1.807, 2.05) is 0 Å². The van der Waals surface area contributed by atoms with Gasteiger partial charge in [-0.05, 0) is 0 Å². The molecule has 0 saturated carbocycles. The smallest absolute Gasteiger partial charge is 1.00 e. The number of rotatable bonds is 4. The van der Waals surface area contributed by atoms with E-state index < -0.39 is 0 Å². The van der Waals surface area contributed by atoms with Crippen molar-refractivity contribution in [1.82, 2.24) is 0 Å². The molecule has 0 saturated heterocycles. The van der Waals surface area contributed by atoms with E-state index in [0.717, 1.165) is 8.09 Å². The van der Waals surface area contributed by atoms with Crippen LogP contribution < -0.4 is 31.3 Å². The molecule has 0 heterocycles. The largest absolute Gasteiger partial charge is 1.00 e. The van der Waals surface area contributed by atoms with E-state index in [9.17, 15) is 0 Å². The van der Waals surface area contributed by atoms with Crippen LogP contribution in [-0.4, -0.2) is 20.4 Å². The second-order valence-electron chi connectivity index (χ2n) is 3.26. The second kappa shape index (κ2) is 11.7. The Morgan fingerprint density at radius 3 is 1.45 bits per heavy atom. The van der Waals surface area contributed by atoms with Gasteiger partial charge in [0.05, 0.1) is 0 Å². The van der Waals surface area contributed by atoms with Crippen molar-refractivity contribution < 1.29 is 31.3 Å². The average molecular weight is 181 g/mol. The molecular weight excluding hydrogens is 163 g/mol. The Balaban J connectivity index is -0.000000320. The van der Waals surface area contributed by atoms with Crippen molar-refractivity contribution in [3.63, 3.8) is 0 Å². The van der Waals surface area contributed by atoms with Gasteiger partial charge >= 0.3 is 39.2 Å². The Morgan fingerprint density at radius 1 is 1.00 bits per heavy atom. The quantitative estimate of drug-likeness (QED) is 0.409. The van der Waals surface area contributed by atoms with Gasteiger partial charge in [0.2, 0.25) is 0 Å². The van der Waals surface area contributed by atoms with Crippen LogP contribution in [-0.2, 0) is 0 Å². The van der Waals surface area contributed by atoms with Crippen LogP contribution in [0.2, 0.25) is 8.09 Å². The molecular formula is C8H18ClLiMg. The van der Waals surface area contributed by atoms with Gasteiger partial charge in [-0.2, -0.15) is 0 Å². The van der Waals surface area contributed by atoms with Gasteiger partial charge in [-0.15, -0.1) is 8.09 Å². The monoisotopic (exact) mass is 180 g/mol. The zero-order valence-electron chi connectivity index (χ0n) is 8.65. The zero-order chi connectivity index (χ0) is 7.28. The predicted octanol–water partition coefficient (Wildman–Crippen LogP) is -2.86. The molecule has 0 fully saturated rings. The number of halogens is 1. The van der Waals surface area contributed by atoms with Crippen molar-refractivity contribution in [2.24, 2.45) is 0 Å². The predicted molar refractivity (Wildman–Crippen MR) is 45.2 cm³/mol. The van der Waals surface area contributed by atoms with E-state index in [2.05, 4.69) is 27.7 Å². The summed E-state index contributed by atoms with van der Waals surface area (Å²) in [7, 11) is 0. The summed E-state index contributed by atoms with van der Waals surface area (Å²) in [5.74, 6) is 0. The van der Waals surface area contributed by atoms with Crippen LogP contribution in [0.4, 0.5) is 0 Å². The van der Waals surface area contributed by atoms with Crippen molar-refractivity contribution in [3.05, 3.63) is 0 Å². The molecule has 2 unspecified atom stereocenters. The summed E-state index contributed by atoms with van der Waals surface area (Å²) < 4.78 is 2.14. The third-order valence-electron chi connectivity index (χ3n) is 2.20. The first-order valence-electron chi connectivity index (χ1n) is 4.20. The summed E-state index contributed by atoms with van der Waals surface area (Å²) in [4.78, 5) is 0. The van der Waals surface area contributed by atoms with E-state index in [1.165, 1.54) is 12.8 Å². The van der Waals surface area contributed by atoms with E-state index in [4.69, 9.17) is 0 Å². The van der Waals surface area contributed by atoms with Gasteiger partial charge in [0, 0.05) is 0 Å². The molecule has 0 spiro atoms. The third kappa shape index (κ3) is 11.7. The molecule has 3 heteroatoms. The normalized spacial score (nSPS) is 13.5. The molecule has 11 heavy (non-hydrogen) atoms. The van der Waals surface area contributed by atoms with Crippen LogP contribution in [0.15, 0.2) is 0 Å². The maximum Gasteiger partial charge on any atom is 1.00 e. The molecule has 0 amide bonds. The number of hydrogen-bond donors (Lipinski definition) is 0. The molecule has 60 valence electrons. The summed E-state index contributed by atoms with van der Waals surface area (Å²) in [6, 6.07) is 0. The molecule has 0 bridgehead atoms. The summed E-state index contributed by atoms with van der Waals surface area (Å²) >= 11 is 0.260. The average Bonchev–Trinajstić information content (AvgIpc) is 1.87. The molecule has 0 aliphatic heterocycles. The molecule has 0 aromatic carbocycles. The fourth-order valence-corrected chi connectivity index (χ4v) is 3.06. The Labute approximate surface area is 99.6 Å². The number of hydrogen-bond acceptors (Lipinski definition) is 0. The maximum absolute atomic E-state index is 2.40. The van der Waals surface area contributed by atoms with E-state index in [-0.39, 0.29) is 51.6 Å². The van der Waals surface area contributed by atoms with Crippen LogP contribution in [0.1, 0.15) is 40.5 Å². The first-order valence-corrected chi connectivity index (χ1v) is 5.83. The van der Waals surface area contributed by atoms with E-state index in [0.29, 0.717) is 0 Å². The molecule has 0 aromatic rings. The molecule has 2 atom stereocenters. The fourth-order valence-electron chi connectivity index (χ4n) is 1.02. The zero-order valence-corrected chi connectivity index (χ0v) is 10.8. The van der Waals surface area contributed by atoms with Crippen molar-refractivity contribution >= 4 is 20.4 Å². The Kier molecular flexibility index (Phi) is 19.5. The van der Waals surface area contributed by atoms with Crippen molar-refractivity contribution in [3.8, 4) is 0 Å². The van der Waals surface area contributed by atoms with Gasteiger partial charge in [-0.25, -0.2) is 0 Å². The second-order valence-corrected chi connectivity index (χ2v) is 6.52. The van der Waals surface area contributed by atoms with Crippen molar-refractivity contribution in [2.75, 3.05) is 0 Å². The summed E-state index contributed by atoms with van der Waals surface area (Å²) in [5, 5.41) is 0. The molecule has 0 aliphatic rings. The standard InChI is InChI=1S/2C4H9.ClH.Li.Mg/c2*1-3-4-2;;;/h2*3H,4H2,1-2H3;1H;;/q;;;+1;/p-1. The van der Waals surface area contributed by atoms with Gasteiger partial charge in [0.1, 0.15) is 0 Å². The summed E-state index contributed by atoms with van der Waals surface area (Å²) in [5.41, 5.74) is 0. The van der Waals surface area contributed by atoms with Crippen LogP contribution in [0.3, 0.4) is 0 Å². The van der Waals surface area contributed by atoms with Gasteiger partial charge in [0.15, 0.2) is 0 Å². The Morgan fingerprint density at radius 2 is 1.27 bits per heavy atom. The van der Waals surface area contributed by atoms with Gasteiger partial charge in [-0.1, -0.05) is 40.5 Å². The van der Waals surface area contributed by atoms with Crippen LogP contribution in [0.5, 0.6) is 0 Å². The maximum atomic E-state index is 2.40. The Bertz CT molecular complexity index is 63.1. The molecule has 0 aromatic heterocycles. The topological polar surface area (TPSA) is 0 Å². The van der Waals surface area contributed by atoms with Gasteiger partial charge in [-0.3, -0.25) is 0 Å². The fraction of sp³-hybridized carbons (Fsp3) is 1.00. The van der Waals surface area contributed by atoms with E-state index >= 15 is 0 Å². The SMILES string of the molecule is CC[CH](C)[Mg][CH](C)CC.[Cl-].[Li+]. The first kappa shape index (κ1) is 18.4. The molecule has 0 radical (unpaired) electrons. The van der Waals surface area contributed by atoms with Gasteiger partial charge < -0.3 is 12.4 Å². The minimum atomic E-state index is 0. The van der Waals surface area contributed by atoms with Crippen molar-refractivity contribution in [1.29, 1.82) is 0 Å². The summed E-state index contributed by atoms with van der Waals surface area (Å²) in [6.07, 6.45) is 2.80. The first-order chi connectivity index (χ1) is 4.20. The van der Waals surface area contributed by atoms with Crippen LogP contribution >= 0.6 is 0 Å². The summed E-state index contributed by atoms with van der Waals surface area (Å²) in [6.45, 7) is 9.41. The van der Waals surface area contributed by atoms with Crippen LogP contribution in [0, 0.1) is 0 Å². The van der Waals surface area contributed by atoms with Crippen molar-refractivity contribution in [2.45, 2.75) is 48.6 Å². The van der Waals surface area contributed by atoms with E-state index in [1.54, 1.807) is 0 Å². The minimum absolute atomic E-state index is 0.